The highest BCUT2D eigenvalue weighted by atomic mass is 19.3. The quantitative estimate of drug-likeness (QED) is 0.510. The van der Waals surface area contributed by atoms with Gasteiger partial charge in [-0.1, -0.05) is 17.9 Å². The van der Waals surface area contributed by atoms with Gasteiger partial charge in [-0.15, -0.1) is 0 Å². The maximum absolute atomic E-state index is 13.5. The number of fused-ring (bicyclic) bond motifs is 9. The summed E-state index contributed by atoms with van der Waals surface area (Å²) < 4.78 is 57.7. The van der Waals surface area contributed by atoms with Crippen LogP contribution in [0.4, 0.5) is 8.78 Å². The number of hydrogen-bond donors (Lipinski definition) is 0. The van der Waals surface area contributed by atoms with Crippen molar-refractivity contribution in [1.29, 1.82) is 0 Å². The van der Waals surface area contributed by atoms with E-state index >= 15 is 0 Å². The van der Waals surface area contributed by atoms with E-state index in [0.717, 1.165) is 36.4 Å². The van der Waals surface area contributed by atoms with Gasteiger partial charge >= 0.3 is 6.61 Å². The van der Waals surface area contributed by atoms with Crippen LogP contribution in [-0.2, 0) is 0 Å². The summed E-state index contributed by atoms with van der Waals surface area (Å²) >= 11 is 0. The Bertz CT molecular complexity index is 1490. The summed E-state index contributed by atoms with van der Waals surface area (Å²) in [7, 11) is 2.10. The van der Waals surface area contributed by atoms with Crippen molar-refractivity contribution in [3.63, 3.8) is 0 Å². The highest BCUT2D eigenvalue weighted by Gasteiger charge is 2.45. The van der Waals surface area contributed by atoms with Gasteiger partial charge in [0.2, 0.25) is 0 Å². The summed E-state index contributed by atoms with van der Waals surface area (Å²) in [5.41, 5.74) is 2.40. The predicted octanol–water partition coefficient (Wildman–Crippen LogP) is 4.45. The minimum absolute atomic E-state index is 0.0393. The third-order valence-electron chi connectivity index (χ3n) is 7.29. The standard InChI is InChI=1S/C27H26F2N4O2/c1-31-12-10-16(11-13-31)6-7-17-8-9-19-20(14-17)33-21-15-22(25(33)30-19)32(2)26(34)18-4-3-5-23(24(18)21)35-27(28)29/h3-5,8-9,14,16,21-22,27H,10-13,15H2,1-2H3/t21-,22-/m1/s1/i2D3. The van der Waals surface area contributed by atoms with Gasteiger partial charge in [-0.3, -0.25) is 4.79 Å². The van der Waals surface area contributed by atoms with Crippen LogP contribution in [0.5, 0.6) is 5.75 Å². The lowest BCUT2D eigenvalue weighted by Crippen LogP contribution is -2.30. The number of aromatic nitrogens is 2. The number of amides is 1. The number of carbonyl (C=O) groups is 1. The Kier molecular flexibility index (Phi) is 4.49. The lowest BCUT2D eigenvalue weighted by molar-refractivity contribution is -0.0507. The molecule has 0 saturated carbocycles. The number of hydrogen-bond acceptors (Lipinski definition) is 4. The molecule has 1 saturated heterocycles. The summed E-state index contributed by atoms with van der Waals surface area (Å²) in [6.07, 6.45) is 2.21. The predicted molar refractivity (Wildman–Crippen MR) is 127 cm³/mol. The van der Waals surface area contributed by atoms with Crippen molar-refractivity contribution in [2.45, 2.75) is 38.0 Å². The van der Waals surface area contributed by atoms with E-state index in [2.05, 4.69) is 23.8 Å². The highest BCUT2D eigenvalue weighted by Crippen LogP contribution is 2.49. The molecule has 0 spiro atoms. The van der Waals surface area contributed by atoms with Crippen molar-refractivity contribution in [3.05, 3.63) is 58.9 Å². The Morgan fingerprint density at radius 2 is 2.03 bits per heavy atom. The van der Waals surface area contributed by atoms with Crippen molar-refractivity contribution in [1.82, 2.24) is 19.4 Å². The van der Waals surface area contributed by atoms with Gasteiger partial charge in [0.15, 0.2) is 0 Å². The van der Waals surface area contributed by atoms with E-state index in [1.807, 2.05) is 22.8 Å². The molecule has 1 amide bonds. The molecule has 1 aromatic heterocycles. The molecule has 0 N–H and O–H groups in total. The molecular weight excluding hydrogens is 450 g/mol. The van der Waals surface area contributed by atoms with Crippen molar-refractivity contribution in [2.75, 3.05) is 27.1 Å². The van der Waals surface area contributed by atoms with Gasteiger partial charge in [0.05, 0.1) is 23.1 Å². The van der Waals surface area contributed by atoms with Crippen LogP contribution in [0.25, 0.3) is 11.0 Å². The maximum Gasteiger partial charge on any atom is 0.387 e. The molecule has 4 heterocycles. The molecule has 2 aromatic carbocycles. The maximum atomic E-state index is 13.5. The first-order valence-corrected chi connectivity index (χ1v) is 11.7. The molecule has 8 heteroatoms. The van der Waals surface area contributed by atoms with Crippen LogP contribution in [0.2, 0.25) is 0 Å². The second-order valence-corrected chi connectivity index (χ2v) is 9.43. The molecule has 0 radical (unpaired) electrons. The van der Waals surface area contributed by atoms with Crippen LogP contribution in [-0.4, -0.2) is 59.0 Å². The second kappa shape index (κ2) is 8.35. The molecule has 3 aliphatic heterocycles. The van der Waals surface area contributed by atoms with Crippen LogP contribution < -0.4 is 4.74 Å². The van der Waals surface area contributed by atoms with Crippen LogP contribution >= 0.6 is 0 Å². The zero-order valence-electron chi connectivity index (χ0n) is 22.2. The molecular formula is C27H26F2N4O2. The summed E-state index contributed by atoms with van der Waals surface area (Å²) in [5, 5.41) is 0. The fourth-order valence-corrected chi connectivity index (χ4v) is 5.52. The van der Waals surface area contributed by atoms with Crippen molar-refractivity contribution < 1.29 is 22.4 Å². The third kappa shape index (κ3) is 3.66. The monoisotopic (exact) mass is 479 g/mol. The minimum atomic E-state index is -3.10. The van der Waals surface area contributed by atoms with Crippen molar-refractivity contribution >= 4 is 16.9 Å². The SMILES string of the molecule is [2H]C([2H])([2H])N1C(=O)c2cccc(OC(F)F)c2[C@H]2C[C@@H]1c1nc3ccc(C#CC4CCN(C)CC4)cc3n12. The number of rotatable bonds is 2. The lowest BCUT2D eigenvalue weighted by Gasteiger charge is -2.25. The number of ether oxygens (including phenoxy) is 1. The molecule has 2 bridgehead atoms. The molecule has 3 aromatic rings. The minimum Gasteiger partial charge on any atom is -0.434 e. The van der Waals surface area contributed by atoms with Gasteiger partial charge in [-0.2, -0.15) is 8.78 Å². The number of halogens is 2. The van der Waals surface area contributed by atoms with Gasteiger partial charge in [0.1, 0.15) is 11.6 Å². The fourth-order valence-electron chi connectivity index (χ4n) is 5.52. The first-order valence-electron chi connectivity index (χ1n) is 13.2. The first kappa shape index (κ1) is 18.8. The average Bonchev–Trinajstić information content (AvgIpc) is 3.35. The van der Waals surface area contributed by atoms with E-state index in [1.165, 1.54) is 18.2 Å². The summed E-state index contributed by atoms with van der Waals surface area (Å²) in [4.78, 5) is 21.4. The van der Waals surface area contributed by atoms with E-state index in [4.69, 9.17) is 13.8 Å². The molecule has 1 fully saturated rings. The van der Waals surface area contributed by atoms with E-state index in [0.29, 0.717) is 22.8 Å². The zero-order chi connectivity index (χ0) is 26.8. The van der Waals surface area contributed by atoms with E-state index in [1.54, 1.807) is 0 Å². The number of imidazole rings is 1. The number of carbonyl (C=O) groups excluding carboxylic acids is 1. The molecule has 180 valence electrons. The van der Waals surface area contributed by atoms with E-state index < -0.39 is 31.6 Å². The second-order valence-electron chi connectivity index (χ2n) is 9.43. The molecule has 0 unspecified atom stereocenters. The Balaban J connectivity index is 1.50. The normalized spacial score (nSPS) is 23.7. The Labute approximate surface area is 206 Å². The number of nitrogens with zero attached hydrogens (tertiary/aromatic N) is 4. The number of benzene rings is 2. The molecule has 6 rings (SSSR count). The van der Waals surface area contributed by atoms with Crippen LogP contribution in [0.15, 0.2) is 36.4 Å². The topological polar surface area (TPSA) is 50.6 Å². The zero-order valence-corrected chi connectivity index (χ0v) is 19.2. The first-order chi connectivity index (χ1) is 18.1. The van der Waals surface area contributed by atoms with Crippen molar-refractivity contribution in [2.24, 2.45) is 5.92 Å². The largest absolute Gasteiger partial charge is 0.434 e. The lowest BCUT2D eigenvalue weighted by atomic mass is 9.97. The Morgan fingerprint density at radius 1 is 1.20 bits per heavy atom. The van der Waals surface area contributed by atoms with Gasteiger partial charge < -0.3 is 19.1 Å². The van der Waals surface area contributed by atoms with Gasteiger partial charge in [0, 0.05) is 40.1 Å². The smallest absolute Gasteiger partial charge is 0.387 e. The number of alkyl halides is 2. The van der Waals surface area contributed by atoms with Crippen LogP contribution in [0.1, 0.15) is 62.8 Å². The van der Waals surface area contributed by atoms with Gasteiger partial charge in [-0.05, 0) is 63.3 Å². The average molecular weight is 480 g/mol. The van der Waals surface area contributed by atoms with E-state index in [-0.39, 0.29) is 23.3 Å². The Hall–Kier alpha value is -3.44. The molecule has 35 heavy (non-hydrogen) atoms. The van der Waals surface area contributed by atoms with Gasteiger partial charge in [0.25, 0.3) is 5.91 Å². The summed E-state index contributed by atoms with van der Waals surface area (Å²) in [6, 6.07) is 8.42. The highest BCUT2D eigenvalue weighted by molar-refractivity contribution is 5.97. The van der Waals surface area contributed by atoms with E-state index in [9.17, 15) is 13.6 Å². The summed E-state index contributed by atoms with van der Waals surface area (Å²) in [6.45, 7) is -3.83. The third-order valence-corrected chi connectivity index (χ3v) is 7.29. The molecule has 6 nitrogen and oxygen atoms in total. The van der Waals surface area contributed by atoms with Crippen LogP contribution in [0.3, 0.4) is 0 Å². The number of piperidine rings is 1. The molecule has 0 aliphatic carbocycles. The van der Waals surface area contributed by atoms with Crippen LogP contribution in [0, 0.1) is 17.8 Å². The van der Waals surface area contributed by atoms with Gasteiger partial charge in [-0.25, -0.2) is 4.98 Å². The fraction of sp³-hybridized carbons (Fsp3) is 0.407. The van der Waals surface area contributed by atoms with Crippen molar-refractivity contribution in [3.8, 4) is 17.6 Å². The summed E-state index contributed by atoms with van der Waals surface area (Å²) in [5.74, 6) is 6.50. The number of likely N-dealkylation sites (tertiary alicyclic amines) is 1. The molecule has 2 atom stereocenters. The molecule has 3 aliphatic rings. The Morgan fingerprint density at radius 3 is 2.80 bits per heavy atom.